The minimum atomic E-state index is -3.42. The predicted octanol–water partition coefficient (Wildman–Crippen LogP) is 2.66. The molecule has 0 aliphatic heterocycles. The number of hydrogen-bond acceptors (Lipinski definition) is 2. The second-order valence-electron chi connectivity index (χ2n) is 4.84. The van der Waals surface area contributed by atoms with Gasteiger partial charge in [0.25, 0.3) is 0 Å². The molecular weight excluding hydrogens is 246 g/mol. The molecule has 0 amide bonds. The van der Waals surface area contributed by atoms with E-state index >= 15 is 0 Å². The van der Waals surface area contributed by atoms with Gasteiger partial charge >= 0.3 is 0 Å². The Morgan fingerprint density at radius 2 is 1.69 bits per heavy atom. The summed E-state index contributed by atoms with van der Waals surface area (Å²) in [7, 11) is -3.42. The maximum Gasteiger partial charge on any atom is 0.240 e. The fourth-order valence-corrected chi connectivity index (χ4v) is 2.42. The lowest BCUT2D eigenvalue weighted by Crippen LogP contribution is -2.32. The van der Waals surface area contributed by atoms with Gasteiger partial charge in [-0.05, 0) is 29.7 Å². The SMILES string of the molecule is CC(C)(C)CNS(=O)(=O)c1ccc(Cl)cc1. The second-order valence-corrected chi connectivity index (χ2v) is 7.04. The zero-order valence-corrected chi connectivity index (χ0v) is 11.2. The molecule has 1 aromatic carbocycles. The minimum Gasteiger partial charge on any atom is -0.211 e. The standard InChI is InChI=1S/C11H16ClNO2S/c1-11(2,3)8-13-16(14,15)10-6-4-9(12)5-7-10/h4-7,13H,8H2,1-3H3. The quantitative estimate of drug-likeness (QED) is 0.909. The Morgan fingerprint density at radius 3 is 2.12 bits per heavy atom. The van der Waals surface area contributed by atoms with Crippen molar-refractivity contribution in [3.8, 4) is 0 Å². The summed E-state index contributed by atoms with van der Waals surface area (Å²) in [5.41, 5.74) is -0.0838. The smallest absolute Gasteiger partial charge is 0.211 e. The zero-order valence-electron chi connectivity index (χ0n) is 9.62. The monoisotopic (exact) mass is 261 g/mol. The van der Waals surface area contributed by atoms with Gasteiger partial charge in [0, 0.05) is 11.6 Å². The van der Waals surface area contributed by atoms with Crippen LogP contribution in [-0.2, 0) is 10.0 Å². The molecule has 0 aliphatic carbocycles. The van der Waals surface area contributed by atoms with Crippen LogP contribution in [-0.4, -0.2) is 15.0 Å². The Bertz CT molecular complexity index is 446. The number of sulfonamides is 1. The molecule has 0 spiro atoms. The third kappa shape index (κ3) is 4.12. The van der Waals surface area contributed by atoms with E-state index in [4.69, 9.17) is 11.6 Å². The van der Waals surface area contributed by atoms with E-state index in [2.05, 4.69) is 4.72 Å². The van der Waals surface area contributed by atoms with Crippen LogP contribution in [0.4, 0.5) is 0 Å². The topological polar surface area (TPSA) is 46.2 Å². The number of benzene rings is 1. The Morgan fingerprint density at radius 1 is 1.19 bits per heavy atom. The number of rotatable bonds is 3. The van der Waals surface area contributed by atoms with Gasteiger partial charge in [0.1, 0.15) is 0 Å². The largest absolute Gasteiger partial charge is 0.240 e. The van der Waals surface area contributed by atoms with E-state index < -0.39 is 10.0 Å². The fourth-order valence-electron chi connectivity index (χ4n) is 1.01. The van der Waals surface area contributed by atoms with E-state index in [1.807, 2.05) is 20.8 Å². The maximum absolute atomic E-state index is 11.8. The summed E-state index contributed by atoms with van der Waals surface area (Å²) in [5, 5.41) is 0.523. The normalized spacial score (nSPS) is 12.8. The molecule has 3 nitrogen and oxygen atoms in total. The van der Waals surface area contributed by atoms with Crippen LogP contribution in [0.25, 0.3) is 0 Å². The van der Waals surface area contributed by atoms with Crippen LogP contribution in [0.1, 0.15) is 20.8 Å². The third-order valence-electron chi connectivity index (χ3n) is 1.92. The highest BCUT2D eigenvalue weighted by Gasteiger charge is 2.18. The van der Waals surface area contributed by atoms with Gasteiger partial charge in [-0.15, -0.1) is 0 Å². The van der Waals surface area contributed by atoms with Crippen LogP contribution >= 0.6 is 11.6 Å². The van der Waals surface area contributed by atoms with E-state index in [1.54, 1.807) is 12.1 Å². The molecule has 5 heteroatoms. The molecule has 16 heavy (non-hydrogen) atoms. The molecule has 0 aliphatic rings. The fraction of sp³-hybridized carbons (Fsp3) is 0.455. The average molecular weight is 262 g/mol. The first-order chi connectivity index (χ1) is 7.21. The van der Waals surface area contributed by atoms with Crippen LogP contribution in [0.3, 0.4) is 0 Å². The highest BCUT2D eigenvalue weighted by Crippen LogP contribution is 2.16. The van der Waals surface area contributed by atoms with Gasteiger partial charge in [-0.25, -0.2) is 13.1 Å². The van der Waals surface area contributed by atoms with E-state index in [9.17, 15) is 8.42 Å². The van der Waals surface area contributed by atoms with Crippen molar-refractivity contribution >= 4 is 21.6 Å². The van der Waals surface area contributed by atoms with Gasteiger partial charge in [-0.2, -0.15) is 0 Å². The Balaban J connectivity index is 2.83. The van der Waals surface area contributed by atoms with Crippen molar-refractivity contribution in [2.45, 2.75) is 25.7 Å². The lowest BCUT2D eigenvalue weighted by atomic mass is 9.98. The molecule has 1 aromatic rings. The summed E-state index contributed by atoms with van der Waals surface area (Å²) in [4.78, 5) is 0.237. The van der Waals surface area contributed by atoms with Crippen molar-refractivity contribution in [1.29, 1.82) is 0 Å². The molecule has 0 saturated heterocycles. The predicted molar refractivity (Wildman–Crippen MR) is 66.1 cm³/mol. The van der Waals surface area contributed by atoms with E-state index in [0.717, 1.165) is 0 Å². The first-order valence-electron chi connectivity index (χ1n) is 4.96. The lowest BCUT2D eigenvalue weighted by Gasteiger charge is -2.18. The maximum atomic E-state index is 11.8. The molecule has 0 bridgehead atoms. The molecule has 0 saturated carbocycles. The summed E-state index contributed by atoms with van der Waals surface area (Å²) in [6, 6.07) is 6.11. The van der Waals surface area contributed by atoms with E-state index in [1.165, 1.54) is 12.1 Å². The number of nitrogens with one attached hydrogen (secondary N) is 1. The summed E-state index contributed by atoms with van der Waals surface area (Å²) >= 11 is 5.70. The molecule has 1 N–H and O–H groups in total. The summed E-state index contributed by atoms with van der Waals surface area (Å²) in [6.45, 7) is 6.31. The van der Waals surface area contributed by atoms with Crippen molar-refractivity contribution in [2.24, 2.45) is 5.41 Å². The van der Waals surface area contributed by atoms with Crippen molar-refractivity contribution in [3.63, 3.8) is 0 Å². The Hall–Kier alpha value is -0.580. The third-order valence-corrected chi connectivity index (χ3v) is 3.59. The van der Waals surface area contributed by atoms with Gasteiger partial charge < -0.3 is 0 Å². The van der Waals surface area contributed by atoms with Gasteiger partial charge in [0.15, 0.2) is 0 Å². The molecule has 0 atom stereocenters. The van der Waals surface area contributed by atoms with Crippen molar-refractivity contribution in [1.82, 2.24) is 4.72 Å². The van der Waals surface area contributed by atoms with Crippen LogP contribution in [0, 0.1) is 5.41 Å². The highest BCUT2D eigenvalue weighted by atomic mass is 35.5. The first-order valence-corrected chi connectivity index (χ1v) is 6.82. The molecule has 0 aromatic heterocycles. The molecule has 90 valence electrons. The number of hydrogen-bond donors (Lipinski definition) is 1. The Labute approximate surface area is 102 Å². The highest BCUT2D eigenvalue weighted by molar-refractivity contribution is 7.89. The molecule has 0 unspecified atom stereocenters. The number of halogens is 1. The van der Waals surface area contributed by atoms with E-state index in [0.29, 0.717) is 11.6 Å². The van der Waals surface area contributed by atoms with Gasteiger partial charge in [0.05, 0.1) is 4.90 Å². The van der Waals surface area contributed by atoms with Gasteiger partial charge in [-0.3, -0.25) is 0 Å². The molecule has 0 fully saturated rings. The van der Waals surface area contributed by atoms with Gasteiger partial charge in [-0.1, -0.05) is 32.4 Å². The van der Waals surface area contributed by atoms with Crippen molar-refractivity contribution < 1.29 is 8.42 Å². The minimum absolute atomic E-state index is 0.0838. The molecular formula is C11H16ClNO2S. The first kappa shape index (κ1) is 13.5. The van der Waals surface area contributed by atoms with Crippen molar-refractivity contribution in [2.75, 3.05) is 6.54 Å². The Kier molecular flexibility index (Phi) is 3.99. The van der Waals surface area contributed by atoms with Gasteiger partial charge in [0.2, 0.25) is 10.0 Å². The van der Waals surface area contributed by atoms with Crippen LogP contribution in [0.2, 0.25) is 5.02 Å². The zero-order chi connectivity index (χ0) is 12.4. The summed E-state index contributed by atoms with van der Waals surface area (Å²) in [6.07, 6.45) is 0. The van der Waals surface area contributed by atoms with Crippen molar-refractivity contribution in [3.05, 3.63) is 29.3 Å². The average Bonchev–Trinajstić information content (AvgIpc) is 2.15. The lowest BCUT2D eigenvalue weighted by molar-refractivity contribution is 0.407. The summed E-state index contributed by atoms with van der Waals surface area (Å²) < 4.78 is 26.2. The van der Waals surface area contributed by atoms with Crippen LogP contribution in [0.15, 0.2) is 29.2 Å². The van der Waals surface area contributed by atoms with Crippen LogP contribution in [0.5, 0.6) is 0 Å². The second kappa shape index (κ2) is 4.73. The molecule has 0 heterocycles. The molecule has 1 rings (SSSR count). The molecule has 0 radical (unpaired) electrons. The van der Waals surface area contributed by atoms with Crippen LogP contribution < -0.4 is 4.72 Å². The summed E-state index contributed by atoms with van der Waals surface area (Å²) in [5.74, 6) is 0. The van der Waals surface area contributed by atoms with E-state index in [-0.39, 0.29) is 10.3 Å².